The predicted molar refractivity (Wildman–Crippen MR) is 97.0 cm³/mol. The van der Waals surface area contributed by atoms with Crippen LogP contribution in [0, 0.1) is 5.92 Å². The summed E-state index contributed by atoms with van der Waals surface area (Å²) in [6.45, 7) is 3.66. The number of aromatic nitrogens is 3. The Bertz CT molecular complexity index is 826. The predicted octanol–water partition coefficient (Wildman–Crippen LogP) is 2.90. The molecule has 0 amide bonds. The molecule has 3 heterocycles. The van der Waals surface area contributed by atoms with E-state index in [1.54, 1.807) is 17.0 Å². The monoisotopic (exact) mass is 354 g/mol. The largest absolute Gasteiger partial charge is 0.444 e. The molecule has 138 valence electrons. The van der Waals surface area contributed by atoms with Crippen molar-refractivity contribution < 1.29 is 4.42 Å². The normalized spacial score (nSPS) is 22.0. The van der Waals surface area contributed by atoms with Gasteiger partial charge in [-0.15, -0.1) is 0 Å². The molecule has 0 aromatic carbocycles. The molecular formula is C20H26N4O2. The quantitative estimate of drug-likeness (QED) is 0.798. The van der Waals surface area contributed by atoms with E-state index >= 15 is 0 Å². The van der Waals surface area contributed by atoms with E-state index in [1.807, 2.05) is 6.20 Å². The number of hydrogen-bond donors (Lipinski definition) is 0. The Hall–Kier alpha value is -1.95. The van der Waals surface area contributed by atoms with Gasteiger partial charge in [0.2, 0.25) is 5.89 Å². The van der Waals surface area contributed by atoms with E-state index in [1.165, 1.54) is 25.7 Å². The number of nitrogens with zero attached hydrogens (tertiary/aromatic N) is 4. The summed E-state index contributed by atoms with van der Waals surface area (Å²) in [5, 5.41) is 0. The van der Waals surface area contributed by atoms with Crippen LogP contribution in [0.25, 0.3) is 0 Å². The summed E-state index contributed by atoms with van der Waals surface area (Å²) in [5.41, 5.74) is 1.09. The van der Waals surface area contributed by atoms with Crippen LogP contribution in [-0.4, -0.2) is 32.5 Å². The highest BCUT2D eigenvalue weighted by atomic mass is 16.4. The molecule has 0 atom stereocenters. The number of piperidine rings is 1. The highest BCUT2D eigenvalue weighted by Gasteiger charge is 2.28. The van der Waals surface area contributed by atoms with Crippen molar-refractivity contribution in [2.75, 3.05) is 13.1 Å². The molecule has 2 saturated carbocycles. The fourth-order valence-electron chi connectivity index (χ4n) is 3.93. The van der Waals surface area contributed by atoms with E-state index in [0.29, 0.717) is 17.8 Å². The lowest BCUT2D eigenvalue weighted by molar-refractivity contribution is 0.153. The average Bonchev–Trinajstić information content (AvgIpc) is 3.57. The second kappa shape index (κ2) is 6.65. The van der Waals surface area contributed by atoms with Crippen LogP contribution in [0.15, 0.2) is 27.8 Å². The van der Waals surface area contributed by atoms with Gasteiger partial charge in [-0.3, -0.25) is 14.3 Å². The average molecular weight is 354 g/mol. The fraction of sp³-hybridized carbons (Fsp3) is 0.650. The molecular weight excluding hydrogens is 328 g/mol. The van der Waals surface area contributed by atoms with Gasteiger partial charge in [0.15, 0.2) is 0 Å². The van der Waals surface area contributed by atoms with E-state index in [2.05, 4.69) is 14.9 Å². The highest BCUT2D eigenvalue weighted by Crippen LogP contribution is 2.40. The third-order valence-corrected chi connectivity index (χ3v) is 5.97. The van der Waals surface area contributed by atoms with E-state index in [9.17, 15) is 4.79 Å². The van der Waals surface area contributed by atoms with Crippen LogP contribution in [0.5, 0.6) is 0 Å². The first-order valence-corrected chi connectivity index (χ1v) is 9.98. The lowest BCUT2D eigenvalue weighted by atomic mass is 9.96. The molecule has 5 rings (SSSR count). The summed E-state index contributed by atoms with van der Waals surface area (Å²) < 4.78 is 7.67. The summed E-state index contributed by atoms with van der Waals surface area (Å²) in [5.74, 6) is 3.62. The fourth-order valence-corrected chi connectivity index (χ4v) is 3.93. The van der Waals surface area contributed by atoms with Gasteiger partial charge < -0.3 is 4.42 Å². The molecule has 6 nitrogen and oxygen atoms in total. The van der Waals surface area contributed by atoms with Crippen LogP contribution < -0.4 is 5.56 Å². The van der Waals surface area contributed by atoms with E-state index in [4.69, 9.17) is 4.42 Å². The van der Waals surface area contributed by atoms with Crippen molar-refractivity contribution in [3.8, 4) is 0 Å². The van der Waals surface area contributed by atoms with Crippen molar-refractivity contribution >= 4 is 0 Å². The van der Waals surface area contributed by atoms with Gasteiger partial charge in [-0.1, -0.05) is 0 Å². The smallest absolute Gasteiger partial charge is 0.253 e. The van der Waals surface area contributed by atoms with Crippen LogP contribution >= 0.6 is 0 Å². The van der Waals surface area contributed by atoms with Crippen LogP contribution in [0.4, 0.5) is 0 Å². The van der Waals surface area contributed by atoms with Gasteiger partial charge in [-0.05, 0) is 57.5 Å². The van der Waals surface area contributed by atoms with Crippen molar-refractivity contribution in [2.24, 2.45) is 5.92 Å². The number of likely N-dealkylation sites (tertiary alicyclic amines) is 1. The first kappa shape index (κ1) is 16.2. The minimum atomic E-state index is 0.108. The van der Waals surface area contributed by atoms with Gasteiger partial charge in [-0.2, -0.15) is 0 Å². The second-order valence-corrected chi connectivity index (χ2v) is 8.23. The molecule has 3 aliphatic rings. The zero-order chi connectivity index (χ0) is 17.5. The summed E-state index contributed by atoms with van der Waals surface area (Å²) in [6.07, 6.45) is 10.7. The van der Waals surface area contributed by atoms with Crippen molar-refractivity contribution in [3.05, 3.63) is 46.3 Å². The SMILES string of the molecule is O=c1cc(C2CC2)ncn1CC1CCN(Cc2ncc(C3CC3)o2)CC1. The van der Waals surface area contributed by atoms with Crippen LogP contribution in [0.3, 0.4) is 0 Å². The highest BCUT2D eigenvalue weighted by molar-refractivity contribution is 5.12. The first-order valence-electron chi connectivity index (χ1n) is 9.98. The molecule has 6 heteroatoms. The number of oxazole rings is 1. The van der Waals surface area contributed by atoms with Gasteiger partial charge in [-0.25, -0.2) is 9.97 Å². The molecule has 3 fully saturated rings. The van der Waals surface area contributed by atoms with Crippen molar-refractivity contribution in [2.45, 2.75) is 63.5 Å². The summed E-state index contributed by atoms with van der Waals surface area (Å²) >= 11 is 0. The third-order valence-electron chi connectivity index (χ3n) is 5.97. The van der Waals surface area contributed by atoms with Gasteiger partial charge >= 0.3 is 0 Å². The maximum Gasteiger partial charge on any atom is 0.253 e. The molecule has 0 unspecified atom stereocenters. The minimum Gasteiger partial charge on any atom is -0.444 e. The Kier molecular flexibility index (Phi) is 4.15. The zero-order valence-electron chi connectivity index (χ0n) is 15.1. The van der Waals surface area contributed by atoms with E-state index < -0.39 is 0 Å². The standard InChI is InChI=1S/C20H26N4O2/c25-20-9-17(15-1-2-15)22-13-24(20)11-14-5-7-23(8-6-14)12-19-21-10-18(26-19)16-3-4-16/h9-10,13-16H,1-8,11-12H2. The van der Waals surface area contributed by atoms with Crippen molar-refractivity contribution in [1.29, 1.82) is 0 Å². The number of rotatable bonds is 6. The van der Waals surface area contributed by atoms with E-state index in [-0.39, 0.29) is 5.56 Å². The van der Waals surface area contributed by atoms with Crippen LogP contribution in [0.1, 0.15) is 67.7 Å². The third kappa shape index (κ3) is 3.61. The van der Waals surface area contributed by atoms with Gasteiger partial charge in [0.1, 0.15) is 5.76 Å². The van der Waals surface area contributed by atoms with Crippen molar-refractivity contribution in [1.82, 2.24) is 19.4 Å². The molecule has 1 aliphatic heterocycles. The Morgan fingerprint density at radius 2 is 1.81 bits per heavy atom. The summed E-state index contributed by atoms with van der Waals surface area (Å²) in [7, 11) is 0. The topological polar surface area (TPSA) is 64.2 Å². The second-order valence-electron chi connectivity index (χ2n) is 8.23. The zero-order valence-corrected chi connectivity index (χ0v) is 15.1. The van der Waals surface area contributed by atoms with Crippen LogP contribution in [0.2, 0.25) is 0 Å². The summed E-state index contributed by atoms with van der Waals surface area (Å²) in [4.78, 5) is 23.6. The molecule has 0 radical (unpaired) electrons. The Balaban J connectivity index is 1.13. The molecule has 0 spiro atoms. The Morgan fingerprint density at radius 3 is 2.50 bits per heavy atom. The molecule has 0 bridgehead atoms. The van der Waals surface area contributed by atoms with Gasteiger partial charge in [0, 0.05) is 24.4 Å². The lowest BCUT2D eigenvalue weighted by Crippen LogP contribution is -2.36. The maximum absolute atomic E-state index is 12.3. The molecule has 26 heavy (non-hydrogen) atoms. The molecule has 0 N–H and O–H groups in total. The van der Waals surface area contributed by atoms with Crippen LogP contribution in [-0.2, 0) is 13.1 Å². The number of hydrogen-bond acceptors (Lipinski definition) is 5. The Morgan fingerprint density at radius 1 is 1.04 bits per heavy atom. The molecule has 2 aromatic heterocycles. The maximum atomic E-state index is 12.3. The van der Waals surface area contributed by atoms with Crippen molar-refractivity contribution in [3.63, 3.8) is 0 Å². The van der Waals surface area contributed by atoms with E-state index in [0.717, 1.165) is 56.4 Å². The Labute approximate surface area is 153 Å². The molecule has 2 aliphatic carbocycles. The molecule has 2 aromatic rings. The minimum absolute atomic E-state index is 0.108. The lowest BCUT2D eigenvalue weighted by Gasteiger charge is -2.31. The van der Waals surface area contributed by atoms with Gasteiger partial charge in [0.05, 0.1) is 24.8 Å². The summed E-state index contributed by atoms with van der Waals surface area (Å²) in [6, 6.07) is 1.74. The molecule has 1 saturated heterocycles. The van der Waals surface area contributed by atoms with Gasteiger partial charge in [0.25, 0.3) is 5.56 Å². The first-order chi connectivity index (χ1) is 12.7.